The fraction of sp³-hybridized carbons (Fsp3) is 0.276. The minimum atomic E-state index is -2.93. The molecule has 2 aliphatic rings. The van der Waals surface area contributed by atoms with Gasteiger partial charge in [-0.2, -0.15) is 0 Å². The molecule has 190 valence electrons. The number of para-hydroxylation sites is 1. The number of alkyl halides is 1. The first-order valence-electron chi connectivity index (χ1n) is 11.9. The van der Waals surface area contributed by atoms with Gasteiger partial charge < -0.3 is 9.64 Å². The Morgan fingerprint density at radius 1 is 1.03 bits per heavy atom. The van der Waals surface area contributed by atoms with Crippen molar-refractivity contribution in [1.29, 1.82) is 0 Å². The molecule has 1 N–H and O–H groups in total. The Hall–Kier alpha value is -4.07. The van der Waals surface area contributed by atoms with Crippen LogP contribution in [0.15, 0.2) is 72.8 Å². The normalized spacial score (nSPS) is 22.6. The summed E-state index contributed by atoms with van der Waals surface area (Å²) < 4.78 is 36.9. The second-order valence-electron chi connectivity index (χ2n) is 10.4. The van der Waals surface area contributed by atoms with Crippen LogP contribution < -0.4 is 10.2 Å². The largest absolute Gasteiger partial charge is 0.444 e. The number of anilines is 1. The molecule has 0 bridgehead atoms. The molecule has 8 heteroatoms. The number of carbonyl (C=O) groups excluding carboxylic acids is 3. The highest BCUT2D eigenvalue weighted by atomic mass is 19.1. The van der Waals surface area contributed by atoms with Crippen molar-refractivity contribution in [1.82, 2.24) is 5.32 Å². The summed E-state index contributed by atoms with van der Waals surface area (Å²) in [6.07, 6.45) is -1.64. The van der Waals surface area contributed by atoms with Crippen LogP contribution in [-0.2, 0) is 28.0 Å². The van der Waals surface area contributed by atoms with Gasteiger partial charge in [-0.25, -0.2) is 13.6 Å². The van der Waals surface area contributed by atoms with Crippen molar-refractivity contribution in [2.24, 2.45) is 0 Å². The third-order valence-electron chi connectivity index (χ3n) is 6.74. The Bertz CT molecular complexity index is 1420. The van der Waals surface area contributed by atoms with Crippen LogP contribution in [0.2, 0.25) is 0 Å². The zero-order valence-corrected chi connectivity index (χ0v) is 20.7. The molecule has 2 amide bonds. The number of nitrogens with zero attached hydrogens (tertiary/aromatic N) is 1. The Balaban J connectivity index is 1.69. The van der Waals surface area contributed by atoms with E-state index in [0.29, 0.717) is 5.69 Å². The van der Waals surface area contributed by atoms with E-state index < -0.39 is 46.8 Å². The lowest BCUT2D eigenvalue weighted by Gasteiger charge is -2.39. The van der Waals surface area contributed by atoms with Gasteiger partial charge in [-0.1, -0.05) is 48.5 Å². The molecule has 3 aromatic carbocycles. The molecule has 37 heavy (non-hydrogen) atoms. The van der Waals surface area contributed by atoms with E-state index in [-0.39, 0.29) is 23.2 Å². The highest BCUT2D eigenvalue weighted by Gasteiger charge is 2.71. The Morgan fingerprint density at radius 2 is 1.70 bits per heavy atom. The number of benzene rings is 3. The van der Waals surface area contributed by atoms with Crippen molar-refractivity contribution < 1.29 is 27.9 Å². The van der Waals surface area contributed by atoms with Crippen LogP contribution in [0.4, 0.5) is 19.3 Å². The van der Waals surface area contributed by atoms with Crippen LogP contribution in [0.25, 0.3) is 0 Å². The van der Waals surface area contributed by atoms with E-state index in [1.54, 1.807) is 39.0 Å². The van der Waals surface area contributed by atoms with Gasteiger partial charge in [0.15, 0.2) is 5.54 Å². The van der Waals surface area contributed by atoms with Crippen molar-refractivity contribution in [3.63, 3.8) is 0 Å². The van der Waals surface area contributed by atoms with E-state index >= 15 is 4.39 Å². The molecular weight excluding hydrogens is 478 g/mol. The number of Topliss-reactive ketones (excluding diaryl/α,β-unsaturated/α-hetero) is 1. The zero-order chi connectivity index (χ0) is 26.6. The van der Waals surface area contributed by atoms with Gasteiger partial charge in [-0.15, -0.1) is 0 Å². The Morgan fingerprint density at radius 3 is 2.41 bits per heavy atom. The van der Waals surface area contributed by atoms with Crippen molar-refractivity contribution >= 4 is 23.5 Å². The monoisotopic (exact) mass is 504 g/mol. The molecule has 1 aliphatic carbocycles. The van der Waals surface area contributed by atoms with E-state index in [2.05, 4.69) is 5.32 Å². The molecule has 0 fully saturated rings. The lowest BCUT2D eigenvalue weighted by molar-refractivity contribution is -0.129. The molecule has 0 spiro atoms. The third-order valence-corrected chi connectivity index (χ3v) is 6.74. The van der Waals surface area contributed by atoms with Gasteiger partial charge >= 0.3 is 6.09 Å². The molecule has 0 saturated heterocycles. The number of hydrogen-bond acceptors (Lipinski definition) is 4. The number of ketones is 1. The fourth-order valence-corrected chi connectivity index (χ4v) is 5.22. The maximum atomic E-state index is 17.4. The highest BCUT2D eigenvalue weighted by Crippen LogP contribution is 2.53. The standard InChI is InChI=1S/C29H26F2N2O4/c1-27(2,3)37-26(36)32-29(28(31)16-19-15-20(30)13-14-21(19)24(28)34)22-11-7-8-12-23(22)33(25(29)35)17-18-9-5-4-6-10-18/h4-15H,16-17H2,1-3H3,(H,32,36)/t28-,29+/m1/s1. The summed E-state index contributed by atoms with van der Waals surface area (Å²) in [6.45, 7) is 4.99. The van der Waals surface area contributed by atoms with E-state index in [4.69, 9.17) is 4.74 Å². The van der Waals surface area contributed by atoms with Gasteiger partial charge in [0.25, 0.3) is 5.91 Å². The van der Waals surface area contributed by atoms with Crippen LogP contribution in [0, 0.1) is 5.82 Å². The highest BCUT2D eigenvalue weighted by molar-refractivity contribution is 6.18. The number of rotatable bonds is 4. The summed E-state index contributed by atoms with van der Waals surface area (Å²) in [5, 5.41) is 2.49. The maximum Gasteiger partial charge on any atom is 0.408 e. The van der Waals surface area contributed by atoms with Gasteiger partial charge in [0.1, 0.15) is 11.4 Å². The number of alkyl carbamates (subject to hydrolysis) is 1. The van der Waals surface area contributed by atoms with Crippen LogP contribution in [0.5, 0.6) is 0 Å². The molecule has 1 aliphatic heterocycles. The number of fused-ring (bicyclic) bond motifs is 2. The van der Waals surface area contributed by atoms with Crippen LogP contribution in [-0.4, -0.2) is 29.1 Å². The number of halogens is 2. The predicted molar refractivity (Wildman–Crippen MR) is 133 cm³/mol. The first kappa shape index (κ1) is 24.6. The number of ether oxygens (including phenoxy) is 1. The molecule has 0 saturated carbocycles. The summed E-state index contributed by atoms with van der Waals surface area (Å²) in [5.41, 5.74) is -4.96. The van der Waals surface area contributed by atoms with Crippen molar-refractivity contribution in [2.75, 3.05) is 4.90 Å². The zero-order valence-electron chi connectivity index (χ0n) is 20.7. The second kappa shape index (κ2) is 8.50. The SMILES string of the molecule is CC(C)(C)OC(=O)N[C@]1([C@@]2(F)Cc3cc(F)ccc3C2=O)C(=O)N(Cc2ccccc2)c2ccccc21. The van der Waals surface area contributed by atoms with Crippen molar-refractivity contribution in [3.05, 3.63) is 101 Å². The average molecular weight is 505 g/mol. The van der Waals surface area contributed by atoms with Crippen LogP contribution >= 0.6 is 0 Å². The smallest absolute Gasteiger partial charge is 0.408 e. The molecule has 0 aromatic heterocycles. The predicted octanol–water partition coefficient (Wildman–Crippen LogP) is 5.24. The van der Waals surface area contributed by atoms with E-state index in [1.807, 2.05) is 30.3 Å². The molecule has 0 radical (unpaired) electrons. The van der Waals surface area contributed by atoms with Gasteiger partial charge in [0, 0.05) is 17.5 Å². The minimum Gasteiger partial charge on any atom is -0.444 e. The lowest BCUT2D eigenvalue weighted by atomic mass is 9.74. The molecule has 3 aromatic rings. The number of amides is 2. The average Bonchev–Trinajstić information content (AvgIpc) is 3.23. The third kappa shape index (κ3) is 3.87. The molecule has 2 atom stereocenters. The summed E-state index contributed by atoms with van der Waals surface area (Å²) in [7, 11) is 0. The van der Waals surface area contributed by atoms with Gasteiger partial charge in [-0.3, -0.25) is 14.9 Å². The van der Waals surface area contributed by atoms with E-state index in [1.165, 1.54) is 17.0 Å². The van der Waals surface area contributed by atoms with Gasteiger partial charge in [0.2, 0.25) is 11.5 Å². The van der Waals surface area contributed by atoms with Crippen LogP contribution in [0.3, 0.4) is 0 Å². The van der Waals surface area contributed by atoms with Crippen molar-refractivity contribution in [3.8, 4) is 0 Å². The number of carbonyl (C=O) groups is 3. The molecule has 1 heterocycles. The summed E-state index contributed by atoms with van der Waals surface area (Å²) in [4.78, 5) is 42.5. The molecule has 6 nitrogen and oxygen atoms in total. The Kier molecular flexibility index (Phi) is 5.66. The first-order chi connectivity index (χ1) is 17.5. The second-order valence-corrected chi connectivity index (χ2v) is 10.4. The fourth-order valence-electron chi connectivity index (χ4n) is 5.22. The summed E-state index contributed by atoms with van der Waals surface area (Å²) in [5.74, 6) is -2.44. The maximum absolute atomic E-state index is 17.4. The molecule has 0 unspecified atom stereocenters. The van der Waals surface area contributed by atoms with E-state index in [9.17, 15) is 18.8 Å². The summed E-state index contributed by atoms with van der Waals surface area (Å²) >= 11 is 0. The number of hydrogen-bond donors (Lipinski definition) is 1. The summed E-state index contributed by atoms with van der Waals surface area (Å²) in [6, 6.07) is 18.9. The van der Waals surface area contributed by atoms with Gasteiger partial charge in [0.05, 0.1) is 12.2 Å². The molecule has 5 rings (SSSR count). The minimum absolute atomic E-state index is 0.0268. The topological polar surface area (TPSA) is 75.7 Å². The first-order valence-corrected chi connectivity index (χ1v) is 11.9. The number of nitrogens with one attached hydrogen (secondary N) is 1. The lowest BCUT2D eigenvalue weighted by Crippen LogP contribution is -2.67. The Labute approximate surface area is 213 Å². The molecular formula is C29H26F2N2O4. The van der Waals surface area contributed by atoms with E-state index in [0.717, 1.165) is 17.7 Å². The van der Waals surface area contributed by atoms with Crippen molar-refractivity contribution in [2.45, 2.75) is 50.5 Å². The van der Waals surface area contributed by atoms with Gasteiger partial charge in [-0.05, 0) is 56.2 Å². The van der Waals surface area contributed by atoms with Crippen LogP contribution in [0.1, 0.15) is 47.8 Å². The quantitative estimate of drug-likeness (QED) is 0.527.